The average molecular weight is 330 g/mol. The second-order valence-electron chi connectivity index (χ2n) is 4.30. The molecule has 17 heavy (non-hydrogen) atoms. The molecular formula is C12H15InN4. The third kappa shape index (κ3) is 2.54. The first kappa shape index (κ1) is 12.2. The van der Waals surface area contributed by atoms with Crippen LogP contribution < -0.4 is 11.5 Å². The van der Waals surface area contributed by atoms with Crippen molar-refractivity contribution in [3.05, 3.63) is 45.3 Å². The fourth-order valence-electron chi connectivity index (χ4n) is 2.29. The van der Waals surface area contributed by atoms with Crippen LogP contribution in [0.3, 0.4) is 0 Å². The van der Waals surface area contributed by atoms with Crippen LogP contribution in [0, 0.1) is 10.8 Å². The Morgan fingerprint density at radius 1 is 1.18 bits per heavy atom. The van der Waals surface area contributed by atoms with E-state index in [1.807, 2.05) is 18.2 Å². The molecule has 0 aromatic heterocycles. The Labute approximate surface area is 108 Å². The number of benzene rings is 1. The van der Waals surface area contributed by atoms with Gasteiger partial charge in [-0.2, -0.15) is 0 Å². The fraction of sp³-hybridized carbons (Fsp3) is 0.167. The number of rotatable bonds is 3. The third-order valence-electron chi connectivity index (χ3n) is 3.16. The third-order valence-corrected chi connectivity index (χ3v) is 11.7. The van der Waals surface area contributed by atoms with Gasteiger partial charge in [0.15, 0.2) is 0 Å². The predicted octanol–water partition coefficient (Wildman–Crippen LogP) is 1.16. The number of nitrogens with one attached hydrogen (secondary N) is 2. The summed E-state index contributed by atoms with van der Waals surface area (Å²) >= 11 is -2.44. The van der Waals surface area contributed by atoms with E-state index in [2.05, 4.69) is 18.2 Å². The zero-order chi connectivity index (χ0) is 12.4. The van der Waals surface area contributed by atoms with Gasteiger partial charge in [-0.25, -0.2) is 0 Å². The summed E-state index contributed by atoms with van der Waals surface area (Å²) in [5.74, 6) is 0.402. The van der Waals surface area contributed by atoms with Crippen LogP contribution in [0.1, 0.15) is 11.5 Å². The number of hydrogen-bond donors (Lipinski definition) is 4. The standard InChI is InChI=1S/C11H12N2.CH3N2.In/c1-9(7-8-11(12)13)10-5-3-2-4-6-10;2-1-3;/h2-7,9H,1H2,(H3,12,13);(H3,2,3);. The molecule has 1 heterocycles. The summed E-state index contributed by atoms with van der Waals surface area (Å²) in [7, 11) is 0. The average Bonchev–Trinajstić information content (AvgIpc) is 2.75. The molecule has 1 aliphatic heterocycles. The molecule has 0 saturated heterocycles. The molecule has 0 radical (unpaired) electrons. The summed E-state index contributed by atoms with van der Waals surface area (Å²) in [5.41, 5.74) is 12.5. The van der Waals surface area contributed by atoms with Crippen molar-refractivity contribution < 1.29 is 0 Å². The van der Waals surface area contributed by atoms with Gasteiger partial charge in [0.05, 0.1) is 0 Å². The van der Waals surface area contributed by atoms with E-state index in [0.717, 1.165) is 7.51 Å². The van der Waals surface area contributed by atoms with Crippen molar-refractivity contribution in [2.75, 3.05) is 0 Å². The molecular weight excluding hydrogens is 315 g/mol. The SMILES string of the molecule is N=C(N)[C]1=CC(c2ccccc2)[CH2][In]1[C](=N)N. The van der Waals surface area contributed by atoms with Crippen LogP contribution in [-0.4, -0.2) is 30.9 Å². The number of allylic oxidation sites excluding steroid dienone is 1. The summed E-state index contributed by atoms with van der Waals surface area (Å²) in [6.07, 6.45) is 2.06. The van der Waals surface area contributed by atoms with Crippen molar-refractivity contribution >= 4 is 30.9 Å². The van der Waals surface area contributed by atoms with Crippen LogP contribution in [0.25, 0.3) is 0 Å². The van der Waals surface area contributed by atoms with Crippen molar-refractivity contribution in [3.63, 3.8) is 0 Å². The molecule has 1 aromatic carbocycles. The number of amidine groups is 2. The molecule has 0 amide bonds. The zero-order valence-corrected chi connectivity index (χ0v) is 12.8. The molecule has 5 heteroatoms. The summed E-state index contributed by atoms with van der Waals surface area (Å²) in [5, 5.41) is 15.2. The van der Waals surface area contributed by atoms with Crippen LogP contribution in [-0.2, 0) is 0 Å². The molecule has 1 unspecified atom stereocenters. The normalized spacial score (nSPS) is 18.9. The van der Waals surface area contributed by atoms with Crippen molar-refractivity contribution in [1.82, 2.24) is 0 Å². The van der Waals surface area contributed by atoms with Crippen LogP contribution in [0.5, 0.6) is 0 Å². The summed E-state index contributed by atoms with van der Waals surface area (Å²) < 4.78 is 2.13. The minimum absolute atomic E-state index is 0.111. The molecule has 1 atom stereocenters. The first-order valence-corrected chi connectivity index (χ1v) is 11.2. The Balaban J connectivity index is 2.30. The van der Waals surface area contributed by atoms with Crippen LogP contribution in [0.2, 0.25) is 4.18 Å². The van der Waals surface area contributed by atoms with Gasteiger partial charge in [-0.05, 0) is 0 Å². The first-order chi connectivity index (χ1) is 8.09. The van der Waals surface area contributed by atoms with Crippen molar-refractivity contribution in [2.45, 2.75) is 10.1 Å². The summed E-state index contributed by atoms with van der Waals surface area (Å²) in [6.45, 7) is 0. The van der Waals surface area contributed by atoms with Crippen LogP contribution >= 0.6 is 0 Å². The van der Waals surface area contributed by atoms with Gasteiger partial charge in [-0.3, -0.25) is 0 Å². The number of hydrogen-bond acceptors (Lipinski definition) is 2. The zero-order valence-electron chi connectivity index (χ0n) is 9.48. The molecule has 1 aliphatic rings. The fourth-order valence-corrected chi connectivity index (χ4v) is 9.70. The van der Waals surface area contributed by atoms with E-state index in [4.69, 9.17) is 22.3 Å². The molecule has 1 aromatic rings. The Bertz CT molecular complexity index is 481. The van der Waals surface area contributed by atoms with Gasteiger partial charge < -0.3 is 0 Å². The van der Waals surface area contributed by atoms with Crippen molar-refractivity contribution in [1.29, 1.82) is 10.8 Å². The van der Waals surface area contributed by atoms with E-state index in [-0.39, 0.29) is 5.84 Å². The maximum absolute atomic E-state index is 7.65. The van der Waals surface area contributed by atoms with Gasteiger partial charge in [-0.15, -0.1) is 0 Å². The van der Waals surface area contributed by atoms with E-state index in [1.54, 1.807) is 0 Å². The summed E-state index contributed by atoms with van der Waals surface area (Å²) in [6, 6.07) is 10.2. The Morgan fingerprint density at radius 3 is 2.29 bits per heavy atom. The van der Waals surface area contributed by atoms with Gasteiger partial charge in [0.25, 0.3) is 0 Å². The van der Waals surface area contributed by atoms with Gasteiger partial charge in [0.2, 0.25) is 0 Å². The molecule has 0 bridgehead atoms. The quantitative estimate of drug-likeness (QED) is 0.494. The Morgan fingerprint density at radius 2 is 1.82 bits per heavy atom. The van der Waals surface area contributed by atoms with Crippen LogP contribution in [0.15, 0.2) is 39.7 Å². The minimum atomic E-state index is -2.44. The van der Waals surface area contributed by atoms with Gasteiger partial charge in [-0.1, -0.05) is 0 Å². The molecule has 0 saturated carbocycles. The molecule has 2 rings (SSSR count). The summed E-state index contributed by atoms with van der Waals surface area (Å²) in [4.78, 5) is 0. The van der Waals surface area contributed by atoms with Crippen molar-refractivity contribution in [3.8, 4) is 0 Å². The maximum atomic E-state index is 7.65. The van der Waals surface area contributed by atoms with Crippen molar-refractivity contribution in [2.24, 2.45) is 11.5 Å². The van der Waals surface area contributed by atoms with E-state index in [0.29, 0.717) is 9.51 Å². The molecule has 0 fully saturated rings. The first-order valence-electron chi connectivity index (χ1n) is 5.54. The van der Waals surface area contributed by atoms with E-state index < -0.39 is 21.4 Å². The Hall–Kier alpha value is -1.23. The van der Waals surface area contributed by atoms with Crippen LogP contribution in [0.4, 0.5) is 0 Å². The van der Waals surface area contributed by atoms with E-state index in [1.165, 1.54) is 5.56 Å². The predicted molar refractivity (Wildman–Crippen MR) is 71.7 cm³/mol. The topological polar surface area (TPSA) is 99.7 Å². The second kappa shape index (κ2) is 4.96. The molecule has 4 nitrogen and oxygen atoms in total. The van der Waals surface area contributed by atoms with Gasteiger partial charge in [0, 0.05) is 0 Å². The Kier molecular flexibility index (Phi) is 3.57. The molecule has 0 aliphatic carbocycles. The van der Waals surface area contributed by atoms with E-state index >= 15 is 0 Å². The van der Waals surface area contributed by atoms with E-state index in [9.17, 15) is 0 Å². The monoisotopic (exact) mass is 330 g/mol. The number of nitrogens with two attached hydrogens (primary N) is 2. The molecule has 0 spiro atoms. The molecule has 6 N–H and O–H groups in total. The molecule has 86 valence electrons. The van der Waals surface area contributed by atoms with Gasteiger partial charge >= 0.3 is 109 Å². The van der Waals surface area contributed by atoms with Gasteiger partial charge in [0.1, 0.15) is 0 Å². The second-order valence-corrected chi connectivity index (χ2v) is 12.3.